The van der Waals surface area contributed by atoms with Crippen LogP contribution in [0.3, 0.4) is 0 Å². The van der Waals surface area contributed by atoms with Gasteiger partial charge in [-0.3, -0.25) is 4.79 Å². The van der Waals surface area contributed by atoms with Crippen molar-refractivity contribution in [3.8, 4) is 0 Å². The highest BCUT2D eigenvalue weighted by molar-refractivity contribution is 8.00. The molecule has 0 spiro atoms. The Labute approximate surface area is 115 Å². The minimum Gasteiger partial charge on any atom is -0.354 e. The molecule has 5 heteroatoms. The predicted molar refractivity (Wildman–Crippen MR) is 79.1 cm³/mol. The van der Waals surface area contributed by atoms with Crippen LogP contribution in [0, 0.1) is 0 Å². The summed E-state index contributed by atoms with van der Waals surface area (Å²) in [6.45, 7) is 10.3. The zero-order chi connectivity index (χ0) is 13.2. The van der Waals surface area contributed by atoms with E-state index in [2.05, 4.69) is 29.4 Å². The molecule has 0 aromatic carbocycles. The van der Waals surface area contributed by atoms with E-state index in [-0.39, 0.29) is 5.91 Å². The molecule has 1 amide bonds. The van der Waals surface area contributed by atoms with E-state index in [0.29, 0.717) is 11.0 Å². The van der Waals surface area contributed by atoms with Crippen molar-refractivity contribution in [3.63, 3.8) is 0 Å². The number of nitrogens with zero attached hydrogens (tertiary/aromatic N) is 1. The Kier molecular flexibility index (Phi) is 8.46. The maximum Gasteiger partial charge on any atom is 0.230 e. The van der Waals surface area contributed by atoms with Gasteiger partial charge in [0.2, 0.25) is 5.91 Å². The molecular formula is C13H27N3OS. The van der Waals surface area contributed by atoms with Crippen molar-refractivity contribution in [1.82, 2.24) is 15.5 Å². The number of hydrogen-bond donors (Lipinski definition) is 2. The van der Waals surface area contributed by atoms with Crippen LogP contribution in [0.4, 0.5) is 0 Å². The monoisotopic (exact) mass is 273 g/mol. The van der Waals surface area contributed by atoms with Gasteiger partial charge in [0.25, 0.3) is 0 Å². The van der Waals surface area contributed by atoms with Gasteiger partial charge in [-0.2, -0.15) is 0 Å². The van der Waals surface area contributed by atoms with Crippen LogP contribution >= 0.6 is 11.8 Å². The van der Waals surface area contributed by atoms with Gasteiger partial charge in [0, 0.05) is 18.3 Å². The van der Waals surface area contributed by atoms with Crippen LogP contribution in [-0.4, -0.2) is 61.1 Å². The minimum absolute atomic E-state index is 0.186. The Balaban J connectivity index is 2.02. The quantitative estimate of drug-likeness (QED) is 0.690. The molecule has 0 radical (unpaired) electrons. The van der Waals surface area contributed by atoms with Crippen LogP contribution in [-0.2, 0) is 4.79 Å². The molecule has 0 unspecified atom stereocenters. The molecule has 0 aliphatic carbocycles. The molecule has 2 N–H and O–H groups in total. The zero-order valence-corrected chi connectivity index (χ0v) is 12.5. The second kappa shape index (κ2) is 9.64. The summed E-state index contributed by atoms with van der Waals surface area (Å²) in [4.78, 5) is 14.0. The van der Waals surface area contributed by atoms with Crippen LogP contribution < -0.4 is 10.6 Å². The van der Waals surface area contributed by atoms with Gasteiger partial charge in [-0.1, -0.05) is 13.8 Å². The average molecular weight is 273 g/mol. The van der Waals surface area contributed by atoms with E-state index in [1.54, 1.807) is 0 Å². The number of amides is 1. The number of thioether (sulfide) groups is 1. The molecule has 18 heavy (non-hydrogen) atoms. The van der Waals surface area contributed by atoms with Crippen LogP contribution in [0.5, 0.6) is 0 Å². The number of carbonyl (C=O) groups excluding carboxylic acids is 1. The van der Waals surface area contributed by atoms with E-state index in [1.807, 2.05) is 11.8 Å². The normalized spacial score (nSPS) is 17.1. The maximum absolute atomic E-state index is 11.7. The summed E-state index contributed by atoms with van der Waals surface area (Å²) in [6.07, 6.45) is 2.38. The van der Waals surface area contributed by atoms with Crippen molar-refractivity contribution in [2.45, 2.75) is 31.9 Å². The molecule has 1 aliphatic rings. The number of hydrogen-bond acceptors (Lipinski definition) is 4. The highest BCUT2D eigenvalue weighted by atomic mass is 32.2. The average Bonchev–Trinajstić information content (AvgIpc) is 2.42. The molecule has 0 atom stereocenters. The highest BCUT2D eigenvalue weighted by Crippen LogP contribution is 2.19. The lowest BCUT2D eigenvalue weighted by Crippen LogP contribution is -2.36. The van der Waals surface area contributed by atoms with Crippen molar-refractivity contribution in [2.75, 3.05) is 45.0 Å². The summed E-state index contributed by atoms with van der Waals surface area (Å²) in [5.74, 6) is 0.800. The second-order valence-electron chi connectivity index (χ2n) is 4.64. The minimum atomic E-state index is 0.186. The topological polar surface area (TPSA) is 44.4 Å². The summed E-state index contributed by atoms with van der Waals surface area (Å²) in [5.41, 5.74) is 0. The Bertz CT molecular complexity index is 228. The fourth-order valence-corrected chi connectivity index (χ4v) is 3.16. The molecule has 106 valence electrons. The molecule has 1 saturated heterocycles. The Morgan fingerprint density at radius 2 is 2.00 bits per heavy atom. The van der Waals surface area contributed by atoms with E-state index < -0.39 is 0 Å². The van der Waals surface area contributed by atoms with E-state index in [9.17, 15) is 4.79 Å². The maximum atomic E-state index is 11.7. The van der Waals surface area contributed by atoms with Gasteiger partial charge in [-0.15, -0.1) is 11.8 Å². The highest BCUT2D eigenvalue weighted by Gasteiger charge is 2.14. The van der Waals surface area contributed by atoms with E-state index in [4.69, 9.17) is 0 Å². The summed E-state index contributed by atoms with van der Waals surface area (Å²) in [7, 11) is 0. The van der Waals surface area contributed by atoms with Crippen molar-refractivity contribution in [1.29, 1.82) is 0 Å². The van der Waals surface area contributed by atoms with Gasteiger partial charge in [0.05, 0.1) is 5.75 Å². The van der Waals surface area contributed by atoms with Gasteiger partial charge in [0.1, 0.15) is 0 Å². The number of rotatable bonds is 8. The molecule has 0 bridgehead atoms. The Morgan fingerprint density at radius 3 is 2.61 bits per heavy atom. The van der Waals surface area contributed by atoms with Gasteiger partial charge in [-0.05, 0) is 39.0 Å². The van der Waals surface area contributed by atoms with E-state index in [1.165, 1.54) is 12.8 Å². The Morgan fingerprint density at radius 1 is 1.33 bits per heavy atom. The summed E-state index contributed by atoms with van der Waals surface area (Å²) in [6, 6.07) is 0. The van der Waals surface area contributed by atoms with E-state index >= 15 is 0 Å². The third kappa shape index (κ3) is 6.61. The lowest BCUT2D eigenvalue weighted by Gasteiger charge is -2.22. The van der Waals surface area contributed by atoms with Crippen LogP contribution in [0.25, 0.3) is 0 Å². The number of likely N-dealkylation sites (N-methyl/N-ethyl adjacent to an activating group) is 1. The third-order valence-corrected chi connectivity index (χ3v) is 4.75. The first kappa shape index (κ1) is 15.8. The number of piperidine rings is 1. The lowest BCUT2D eigenvalue weighted by molar-refractivity contribution is -0.118. The molecule has 1 aliphatic heterocycles. The van der Waals surface area contributed by atoms with E-state index in [0.717, 1.165) is 39.3 Å². The molecule has 0 saturated carbocycles. The molecule has 0 aromatic heterocycles. The van der Waals surface area contributed by atoms with Crippen LogP contribution in [0.15, 0.2) is 0 Å². The van der Waals surface area contributed by atoms with Gasteiger partial charge >= 0.3 is 0 Å². The summed E-state index contributed by atoms with van der Waals surface area (Å²) < 4.78 is 0. The molecule has 1 fully saturated rings. The first-order chi connectivity index (χ1) is 8.76. The van der Waals surface area contributed by atoms with Crippen LogP contribution in [0.2, 0.25) is 0 Å². The lowest BCUT2D eigenvalue weighted by atomic mass is 10.2. The molecule has 0 aromatic rings. The van der Waals surface area contributed by atoms with Gasteiger partial charge in [-0.25, -0.2) is 0 Å². The first-order valence-corrected chi connectivity index (χ1v) is 8.12. The standard InChI is InChI=1S/C13H27N3OS/c1-3-16(4-2)10-9-15-13(17)11-18-12-5-7-14-8-6-12/h12,14H,3-11H2,1-2H3,(H,15,17). The molecule has 1 rings (SSSR count). The van der Waals surface area contributed by atoms with Crippen molar-refractivity contribution < 1.29 is 4.79 Å². The van der Waals surface area contributed by atoms with Crippen LogP contribution in [0.1, 0.15) is 26.7 Å². The number of nitrogens with one attached hydrogen (secondary N) is 2. The van der Waals surface area contributed by atoms with Gasteiger partial charge < -0.3 is 15.5 Å². The largest absolute Gasteiger partial charge is 0.354 e. The Hall–Kier alpha value is -0.260. The fraction of sp³-hybridized carbons (Fsp3) is 0.923. The zero-order valence-electron chi connectivity index (χ0n) is 11.7. The molecule has 4 nitrogen and oxygen atoms in total. The summed E-state index contributed by atoms with van der Waals surface area (Å²) in [5, 5.41) is 7.01. The number of carbonyl (C=O) groups is 1. The predicted octanol–water partition coefficient (Wildman–Crippen LogP) is 0.930. The second-order valence-corrected chi connectivity index (χ2v) is 5.93. The van der Waals surface area contributed by atoms with Crippen molar-refractivity contribution >= 4 is 17.7 Å². The first-order valence-electron chi connectivity index (χ1n) is 7.07. The molecular weight excluding hydrogens is 246 g/mol. The fourth-order valence-electron chi connectivity index (χ4n) is 2.10. The van der Waals surface area contributed by atoms with Crippen molar-refractivity contribution in [2.24, 2.45) is 0 Å². The van der Waals surface area contributed by atoms with Gasteiger partial charge in [0.15, 0.2) is 0 Å². The smallest absolute Gasteiger partial charge is 0.230 e. The third-order valence-electron chi connectivity index (χ3n) is 3.38. The SMILES string of the molecule is CCN(CC)CCNC(=O)CSC1CCNCC1. The molecule has 1 heterocycles. The van der Waals surface area contributed by atoms with Crippen molar-refractivity contribution in [3.05, 3.63) is 0 Å². The summed E-state index contributed by atoms with van der Waals surface area (Å²) >= 11 is 1.81.